The highest BCUT2D eigenvalue weighted by Crippen LogP contribution is 2.13. The van der Waals surface area contributed by atoms with E-state index in [-0.39, 0.29) is 0 Å². The predicted molar refractivity (Wildman–Crippen MR) is 66.2 cm³/mol. The van der Waals surface area contributed by atoms with Gasteiger partial charge in [-0.3, -0.25) is 9.50 Å². The molecule has 92 valence electrons. The monoisotopic (exact) mass is 243 g/mol. The second-order valence-corrected chi connectivity index (χ2v) is 4.11. The number of fused-ring (bicyclic) bond motifs is 1. The van der Waals surface area contributed by atoms with Crippen molar-refractivity contribution in [2.24, 2.45) is 0 Å². The van der Waals surface area contributed by atoms with Gasteiger partial charge >= 0.3 is 0 Å². The van der Waals surface area contributed by atoms with Crippen LogP contribution < -0.4 is 5.32 Å². The molecule has 18 heavy (non-hydrogen) atoms. The number of rotatable bonds is 3. The second-order valence-electron chi connectivity index (χ2n) is 4.11. The molecule has 3 aromatic rings. The Bertz CT molecular complexity index is 682. The summed E-state index contributed by atoms with van der Waals surface area (Å²) in [6.07, 6.45) is 5.16. The number of anilines is 1. The van der Waals surface area contributed by atoms with Crippen LogP contribution in [0.5, 0.6) is 0 Å². The Labute approximate surface area is 103 Å². The highest BCUT2D eigenvalue weighted by molar-refractivity contribution is 5.61. The average Bonchev–Trinajstić information content (AvgIpc) is 2.97. The summed E-state index contributed by atoms with van der Waals surface area (Å²) < 4.78 is 1.82. The Kier molecular flexibility index (Phi) is 2.44. The molecule has 0 aliphatic heterocycles. The van der Waals surface area contributed by atoms with E-state index >= 15 is 0 Å². The number of aromatic amines is 1. The summed E-state index contributed by atoms with van der Waals surface area (Å²) >= 11 is 0. The molecule has 3 rings (SSSR count). The van der Waals surface area contributed by atoms with Crippen molar-refractivity contribution in [1.29, 1.82) is 0 Å². The van der Waals surface area contributed by atoms with E-state index in [2.05, 4.69) is 30.7 Å². The van der Waals surface area contributed by atoms with Crippen molar-refractivity contribution in [3.8, 4) is 0 Å². The normalized spacial score (nSPS) is 11.0. The molecule has 7 nitrogen and oxygen atoms in total. The molecule has 3 heterocycles. The SMILES string of the molecule is Cc1[nH]nc(CNc2nccn3cnnc23)c1C. The fourth-order valence-corrected chi connectivity index (χ4v) is 1.76. The maximum Gasteiger partial charge on any atom is 0.203 e. The molecule has 0 aromatic carbocycles. The minimum atomic E-state index is 0.607. The van der Waals surface area contributed by atoms with Crippen molar-refractivity contribution in [2.45, 2.75) is 20.4 Å². The zero-order chi connectivity index (χ0) is 12.5. The molecular formula is C11H13N7. The van der Waals surface area contributed by atoms with Gasteiger partial charge in [0.1, 0.15) is 6.33 Å². The molecule has 0 saturated heterocycles. The van der Waals surface area contributed by atoms with Gasteiger partial charge in [-0.15, -0.1) is 10.2 Å². The van der Waals surface area contributed by atoms with Crippen LogP contribution in [0.2, 0.25) is 0 Å². The van der Waals surface area contributed by atoms with Crippen molar-refractivity contribution in [2.75, 3.05) is 5.32 Å². The lowest BCUT2D eigenvalue weighted by Crippen LogP contribution is -2.05. The van der Waals surface area contributed by atoms with Crippen LogP contribution in [-0.2, 0) is 6.54 Å². The molecule has 3 aromatic heterocycles. The van der Waals surface area contributed by atoms with E-state index < -0.39 is 0 Å². The standard InChI is InChI=1S/C11H13N7/c1-7-8(2)15-16-9(7)5-13-10-11-17-14-6-18(11)4-3-12-10/h3-4,6H,5H2,1-2H3,(H,12,13)(H,15,16). The predicted octanol–water partition coefficient (Wildman–Crippen LogP) is 1.08. The fourth-order valence-electron chi connectivity index (χ4n) is 1.76. The molecule has 7 heteroatoms. The Morgan fingerprint density at radius 2 is 2.28 bits per heavy atom. The van der Waals surface area contributed by atoms with E-state index in [1.807, 2.05) is 24.4 Å². The quantitative estimate of drug-likeness (QED) is 0.719. The van der Waals surface area contributed by atoms with Gasteiger partial charge in [-0.1, -0.05) is 0 Å². The lowest BCUT2D eigenvalue weighted by atomic mass is 10.2. The van der Waals surface area contributed by atoms with Gasteiger partial charge in [-0.25, -0.2) is 4.98 Å². The molecule has 0 aliphatic rings. The van der Waals surface area contributed by atoms with E-state index in [9.17, 15) is 0 Å². The Morgan fingerprint density at radius 3 is 3.06 bits per heavy atom. The number of hydrogen-bond donors (Lipinski definition) is 2. The van der Waals surface area contributed by atoms with Crippen LogP contribution in [0.1, 0.15) is 17.0 Å². The largest absolute Gasteiger partial charge is 0.361 e. The smallest absolute Gasteiger partial charge is 0.203 e. The zero-order valence-electron chi connectivity index (χ0n) is 10.2. The number of aryl methyl sites for hydroxylation is 1. The Morgan fingerprint density at radius 1 is 1.39 bits per heavy atom. The number of nitrogens with zero attached hydrogens (tertiary/aromatic N) is 5. The van der Waals surface area contributed by atoms with Crippen LogP contribution in [0.3, 0.4) is 0 Å². The Balaban J connectivity index is 1.85. The minimum Gasteiger partial charge on any atom is -0.361 e. The van der Waals surface area contributed by atoms with Gasteiger partial charge in [0.25, 0.3) is 0 Å². The zero-order valence-corrected chi connectivity index (χ0v) is 10.2. The minimum absolute atomic E-state index is 0.607. The van der Waals surface area contributed by atoms with Gasteiger partial charge in [-0.2, -0.15) is 5.10 Å². The van der Waals surface area contributed by atoms with Crippen LogP contribution in [0.25, 0.3) is 5.65 Å². The number of nitrogens with one attached hydrogen (secondary N) is 2. The highest BCUT2D eigenvalue weighted by Gasteiger charge is 2.08. The number of H-pyrrole nitrogens is 1. The van der Waals surface area contributed by atoms with Crippen molar-refractivity contribution < 1.29 is 0 Å². The first-order chi connectivity index (χ1) is 8.75. The molecule has 0 bridgehead atoms. The first-order valence-corrected chi connectivity index (χ1v) is 5.64. The second kappa shape index (κ2) is 4.10. The van der Waals surface area contributed by atoms with Crippen molar-refractivity contribution in [3.05, 3.63) is 35.7 Å². The third-order valence-corrected chi connectivity index (χ3v) is 2.99. The number of hydrogen-bond acceptors (Lipinski definition) is 5. The van der Waals surface area contributed by atoms with E-state index in [0.717, 1.165) is 17.0 Å². The summed E-state index contributed by atoms with van der Waals surface area (Å²) in [5.41, 5.74) is 3.94. The van der Waals surface area contributed by atoms with Gasteiger partial charge in [0.15, 0.2) is 5.82 Å². The molecule has 0 unspecified atom stereocenters. The van der Waals surface area contributed by atoms with E-state index in [0.29, 0.717) is 18.0 Å². The first-order valence-electron chi connectivity index (χ1n) is 5.64. The summed E-state index contributed by atoms with van der Waals surface area (Å²) in [6, 6.07) is 0. The summed E-state index contributed by atoms with van der Waals surface area (Å²) in [7, 11) is 0. The molecule has 0 spiro atoms. The molecule has 0 atom stereocenters. The van der Waals surface area contributed by atoms with Crippen molar-refractivity contribution >= 4 is 11.5 Å². The van der Waals surface area contributed by atoms with E-state index in [1.165, 1.54) is 0 Å². The third-order valence-electron chi connectivity index (χ3n) is 2.99. The van der Waals surface area contributed by atoms with E-state index in [4.69, 9.17) is 0 Å². The lowest BCUT2D eigenvalue weighted by Gasteiger charge is -2.04. The van der Waals surface area contributed by atoms with Gasteiger partial charge in [0, 0.05) is 18.1 Å². The first kappa shape index (κ1) is 10.7. The maximum absolute atomic E-state index is 4.26. The van der Waals surface area contributed by atoms with Crippen molar-refractivity contribution in [1.82, 2.24) is 29.8 Å². The van der Waals surface area contributed by atoms with Crippen LogP contribution in [0, 0.1) is 13.8 Å². The summed E-state index contributed by atoms with van der Waals surface area (Å²) in [5, 5.41) is 18.3. The number of aromatic nitrogens is 6. The van der Waals surface area contributed by atoms with E-state index in [1.54, 1.807) is 12.5 Å². The van der Waals surface area contributed by atoms with Gasteiger partial charge in [-0.05, 0) is 19.4 Å². The third kappa shape index (κ3) is 1.69. The molecule has 2 N–H and O–H groups in total. The summed E-state index contributed by atoms with van der Waals surface area (Å²) in [4.78, 5) is 4.26. The van der Waals surface area contributed by atoms with Crippen LogP contribution in [-0.4, -0.2) is 29.8 Å². The molecule has 0 fully saturated rings. The Hall–Kier alpha value is -2.44. The molecular weight excluding hydrogens is 230 g/mol. The van der Waals surface area contributed by atoms with Crippen LogP contribution >= 0.6 is 0 Å². The van der Waals surface area contributed by atoms with Crippen LogP contribution in [0.15, 0.2) is 18.7 Å². The molecule has 0 amide bonds. The lowest BCUT2D eigenvalue weighted by molar-refractivity contribution is 0.957. The van der Waals surface area contributed by atoms with Gasteiger partial charge in [0.2, 0.25) is 5.65 Å². The molecule has 0 radical (unpaired) electrons. The van der Waals surface area contributed by atoms with Crippen molar-refractivity contribution in [3.63, 3.8) is 0 Å². The fraction of sp³-hybridized carbons (Fsp3) is 0.273. The topological polar surface area (TPSA) is 83.8 Å². The molecule has 0 aliphatic carbocycles. The summed E-state index contributed by atoms with van der Waals surface area (Å²) in [6.45, 7) is 4.65. The summed E-state index contributed by atoms with van der Waals surface area (Å²) in [5.74, 6) is 0.704. The highest BCUT2D eigenvalue weighted by atomic mass is 15.2. The average molecular weight is 243 g/mol. The maximum atomic E-state index is 4.26. The van der Waals surface area contributed by atoms with Gasteiger partial charge < -0.3 is 5.32 Å². The molecule has 0 saturated carbocycles. The van der Waals surface area contributed by atoms with Gasteiger partial charge in [0.05, 0.1) is 12.2 Å². The van der Waals surface area contributed by atoms with Crippen LogP contribution in [0.4, 0.5) is 5.82 Å².